The summed E-state index contributed by atoms with van der Waals surface area (Å²) in [6.07, 6.45) is 7.11. The number of allylic oxidation sites excluding steroid dienone is 2. The highest BCUT2D eigenvalue weighted by Gasteiger charge is 2.39. The second-order valence-electron chi connectivity index (χ2n) is 8.03. The van der Waals surface area contributed by atoms with E-state index in [1.165, 1.54) is 40.5 Å². The quantitative estimate of drug-likeness (QED) is 0.431. The summed E-state index contributed by atoms with van der Waals surface area (Å²) in [5.41, 5.74) is 3.06. The molecule has 3 aromatic carbocycles. The summed E-state index contributed by atoms with van der Waals surface area (Å²) in [4.78, 5) is 0. The molecule has 0 saturated carbocycles. The van der Waals surface area contributed by atoms with E-state index < -0.39 is 8.32 Å². The summed E-state index contributed by atoms with van der Waals surface area (Å²) in [7, 11) is -2.09. The van der Waals surface area contributed by atoms with E-state index in [0.717, 1.165) is 12.8 Å². The van der Waals surface area contributed by atoms with Crippen molar-refractivity contribution in [3.63, 3.8) is 0 Å². The van der Waals surface area contributed by atoms with Crippen LogP contribution < -0.4 is 0 Å². The fourth-order valence-corrected chi connectivity index (χ4v) is 7.38. The van der Waals surface area contributed by atoms with Crippen LogP contribution in [-0.4, -0.2) is 8.32 Å². The third-order valence-electron chi connectivity index (χ3n) is 5.61. The molecule has 0 spiro atoms. The second-order valence-corrected chi connectivity index (χ2v) is 12.0. The summed E-state index contributed by atoms with van der Waals surface area (Å²) in [5.74, 6) is 1.22. The van der Waals surface area contributed by atoms with Crippen LogP contribution in [0.4, 0.5) is 0 Å². The fourth-order valence-electron chi connectivity index (χ4n) is 4.40. The van der Waals surface area contributed by atoms with Crippen LogP contribution in [0.2, 0.25) is 13.1 Å². The van der Waals surface area contributed by atoms with Gasteiger partial charge in [0.2, 0.25) is 0 Å². The lowest BCUT2D eigenvalue weighted by molar-refractivity contribution is 0.369. The van der Waals surface area contributed by atoms with Crippen molar-refractivity contribution >= 4 is 19.1 Å². The number of benzene rings is 3. The van der Waals surface area contributed by atoms with Crippen LogP contribution >= 0.6 is 0 Å². The van der Waals surface area contributed by atoms with Gasteiger partial charge in [0.05, 0.1) is 5.76 Å². The van der Waals surface area contributed by atoms with E-state index in [4.69, 9.17) is 4.43 Å². The minimum Gasteiger partial charge on any atom is -0.546 e. The minimum absolute atomic E-state index is 0.299. The molecule has 1 unspecified atom stereocenters. The largest absolute Gasteiger partial charge is 0.546 e. The molecule has 2 heteroatoms. The zero-order chi connectivity index (χ0) is 18.7. The summed E-state index contributed by atoms with van der Waals surface area (Å²) in [6, 6.07) is 26.4. The van der Waals surface area contributed by atoms with Crippen LogP contribution in [0.1, 0.15) is 42.4 Å². The molecule has 1 atom stereocenters. The Morgan fingerprint density at radius 1 is 0.815 bits per heavy atom. The summed E-state index contributed by atoms with van der Waals surface area (Å²) >= 11 is 0. The monoisotopic (exact) mass is 372 g/mol. The van der Waals surface area contributed by atoms with Gasteiger partial charge in [0.1, 0.15) is 0 Å². The number of hydrogen-bond acceptors (Lipinski definition) is 1. The lowest BCUT2D eigenvalue weighted by Gasteiger charge is -2.36. The highest BCUT2D eigenvalue weighted by atomic mass is 28.4. The summed E-state index contributed by atoms with van der Waals surface area (Å²) in [6.45, 7) is 4.75. The molecule has 1 nitrogen and oxygen atoms in total. The summed E-state index contributed by atoms with van der Waals surface area (Å²) in [5, 5.41) is 2.65. The lowest BCUT2D eigenvalue weighted by atomic mass is 9.98. The van der Waals surface area contributed by atoms with Gasteiger partial charge in [0, 0.05) is 12.0 Å². The van der Waals surface area contributed by atoms with E-state index in [2.05, 4.69) is 92.0 Å². The van der Waals surface area contributed by atoms with Gasteiger partial charge in [-0.15, -0.1) is 0 Å². The Kier molecular flexibility index (Phi) is 5.17. The van der Waals surface area contributed by atoms with Crippen molar-refractivity contribution in [2.75, 3.05) is 0 Å². The minimum atomic E-state index is -2.09. The molecule has 0 heterocycles. The van der Waals surface area contributed by atoms with Gasteiger partial charge in [-0.1, -0.05) is 72.8 Å². The number of hydrogen-bond donors (Lipinski definition) is 0. The van der Waals surface area contributed by atoms with E-state index >= 15 is 0 Å². The third-order valence-corrected chi connectivity index (χ3v) is 8.43. The molecule has 0 aliphatic heterocycles. The number of rotatable bonds is 5. The lowest BCUT2D eigenvalue weighted by Crippen LogP contribution is -2.39. The molecule has 0 N–H and O–H groups in total. The molecule has 1 aliphatic rings. The van der Waals surface area contributed by atoms with E-state index in [9.17, 15) is 0 Å². The zero-order valence-electron chi connectivity index (χ0n) is 16.3. The van der Waals surface area contributed by atoms with E-state index in [-0.39, 0.29) is 0 Å². The molecule has 3 aromatic rings. The Morgan fingerprint density at radius 3 is 2.33 bits per heavy atom. The molecule has 0 bridgehead atoms. The molecule has 138 valence electrons. The van der Waals surface area contributed by atoms with Crippen LogP contribution in [-0.2, 0) is 4.43 Å². The van der Waals surface area contributed by atoms with Crippen LogP contribution in [0.5, 0.6) is 0 Å². The van der Waals surface area contributed by atoms with E-state index in [1.54, 1.807) is 0 Å². The van der Waals surface area contributed by atoms with Crippen LogP contribution in [0, 0.1) is 0 Å². The summed E-state index contributed by atoms with van der Waals surface area (Å²) < 4.78 is 6.80. The average Bonchev–Trinajstić information content (AvgIpc) is 2.69. The molecule has 27 heavy (non-hydrogen) atoms. The molecule has 4 rings (SSSR count). The maximum atomic E-state index is 6.80. The highest BCUT2D eigenvalue weighted by Crippen LogP contribution is 2.39. The average molecular weight is 373 g/mol. The van der Waals surface area contributed by atoms with Gasteiger partial charge in [0.15, 0.2) is 0 Å². The maximum Gasteiger partial charge on any atom is 0.256 e. The van der Waals surface area contributed by atoms with Gasteiger partial charge in [-0.2, -0.15) is 0 Å². The van der Waals surface area contributed by atoms with Crippen LogP contribution in [0.15, 0.2) is 84.6 Å². The first-order chi connectivity index (χ1) is 13.1. The molecular weight excluding hydrogens is 344 g/mol. The van der Waals surface area contributed by atoms with Crippen molar-refractivity contribution in [2.45, 2.75) is 44.3 Å². The Bertz CT molecular complexity index is 937. The van der Waals surface area contributed by atoms with E-state index in [1.807, 2.05) is 0 Å². The van der Waals surface area contributed by atoms with Gasteiger partial charge < -0.3 is 4.43 Å². The van der Waals surface area contributed by atoms with Crippen molar-refractivity contribution in [1.29, 1.82) is 0 Å². The molecule has 0 radical (unpaired) electrons. The zero-order valence-corrected chi connectivity index (χ0v) is 17.3. The first-order valence-corrected chi connectivity index (χ1v) is 13.0. The predicted octanol–water partition coefficient (Wildman–Crippen LogP) is 7.19. The first-order valence-electron chi connectivity index (χ1n) is 10.1. The predicted molar refractivity (Wildman–Crippen MR) is 117 cm³/mol. The molecule has 1 aliphatic carbocycles. The Labute approximate surface area is 163 Å². The fraction of sp³-hybridized carbons (Fsp3) is 0.280. The third kappa shape index (κ3) is 3.86. The normalized spacial score (nSPS) is 16.0. The molecule has 0 saturated heterocycles. The van der Waals surface area contributed by atoms with Crippen molar-refractivity contribution in [3.05, 3.63) is 95.8 Å². The smallest absolute Gasteiger partial charge is 0.256 e. The molecule has 0 aromatic heterocycles. The van der Waals surface area contributed by atoms with Gasteiger partial charge in [-0.05, 0) is 60.3 Å². The first kappa shape index (κ1) is 18.1. The Balaban J connectivity index is 1.83. The van der Waals surface area contributed by atoms with Gasteiger partial charge in [0.25, 0.3) is 8.32 Å². The standard InChI is InChI=1S/C25H28OSi/c1-27(2,26-22-16-7-4-8-17-22)25(21-13-5-3-6-14-21)24-19-11-15-20-12-9-10-18-23(20)24/h3,5-6,9-16,18-19,25H,4,7-8,17H2,1-2H3. The van der Waals surface area contributed by atoms with Gasteiger partial charge >= 0.3 is 0 Å². The Hall–Kier alpha value is -2.32. The van der Waals surface area contributed by atoms with Crippen LogP contribution in [0.25, 0.3) is 10.8 Å². The highest BCUT2D eigenvalue weighted by molar-refractivity contribution is 6.73. The number of fused-ring (bicyclic) bond motifs is 1. The van der Waals surface area contributed by atoms with E-state index in [0.29, 0.717) is 5.54 Å². The van der Waals surface area contributed by atoms with Crippen molar-refractivity contribution in [2.24, 2.45) is 0 Å². The maximum absolute atomic E-state index is 6.80. The molecular formula is C25H28OSi. The molecule has 0 fully saturated rings. The SMILES string of the molecule is C[Si](C)(OC1=CCCCC1)C(c1ccccc1)c1cccc2ccccc12. The molecule has 0 amide bonds. The van der Waals surface area contributed by atoms with Crippen molar-refractivity contribution < 1.29 is 4.43 Å². The topological polar surface area (TPSA) is 9.23 Å². The van der Waals surface area contributed by atoms with Crippen molar-refractivity contribution in [3.8, 4) is 0 Å². The second kappa shape index (κ2) is 7.73. The van der Waals surface area contributed by atoms with Crippen molar-refractivity contribution in [1.82, 2.24) is 0 Å². The Morgan fingerprint density at radius 2 is 1.56 bits per heavy atom. The van der Waals surface area contributed by atoms with Gasteiger partial charge in [-0.25, -0.2) is 0 Å². The van der Waals surface area contributed by atoms with Gasteiger partial charge in [-0.3, -0.25) is 0 Å². The van der Waals surface area contributed by atoms with Crippen LogP contribution in [0.3, 0.4) is 0 Å².